The largest absolute Gasteiger partial charge is 0.490 e. The lowest BCUT2D eigenvalue weighted by Crippen LogP contribution is -2.23. The molecule has 0 spiro atoms. The number of rotatable bonds is 6. The van der Waals surface area contributed by atoms with E-state index in [1.165, 1.54) is 41.4 Å². The summed E-state index contributed by atoms with van der Waals surface area (Å²) in [6.45, 7) is 0. The molecule has 0 saturated carbocycles. The molecule has 11 nitrogen and oxygen atoms in total. The van der Waals surface area contributed by atoms with Gasteiger partial charge < -0.3 is 9.15 Å². The van der Waals surface area contributed by atoms with E-state index >= 15 is 0 Å². The number of benzene rings is 2. The summed E-state index contributed by atoms with van der Waals surface area (Å²) in [6, 6.07) is 17.5. The van der Waals surface area contributed by atoms with Crippen LogP contribution in [-0.4, -0.2) is 36.4 Å². The highest BCUT2D eigenvalue weighted by molar-refractivity contribution is 7.15. The van der Waals surface area contributed by atoms with Crippen LogP contribution in [0, 0.1) is 10.1 Å². The van der Waals surface area contributed by atoms with E-state index in [1.54, 1.807) is 35.2 Å². The Morgan fingerprint density at radius 1 is 1.11 bits per heavy atom. The van der Waals surface area contributed by atoms with Gasteiger partial charge in [-0.1, -0.05) is 29.5 Å². The lowest BCUT2D eigenvalue weighted by Gasteiger charge is -2.04. The molecule has 0 aliphatic heterocycles. The minimum Gasteiger partial charge on any atom is -0.490 e. The molecule has 6 rings (SSSR count). The molecule has 0 amide bonds. The molecule has 6 aromatic rings. The highest BCUT2D eigenvalue weighted by Gasteiger charge is 2.20. The zero-order valence-corrected chi connectivity index (χ0v) is 20.0. The molecular formula is C25H16N6O5S. The monoisotopic (exact) mass is 512 g/mol. The fourth-order valence-electron chi connectivity index (χ4n) is 3.90. The van der Waals surface area contributed by atoms with Crippen molar-refractivity contribution in [2.24, 2.45) is 0 Å². The standard InChI is InChI=1S/C25H16N6O5S/c1-35-19-10-9-15(12-18(19)31(33)34)22-16(14-29(27-22)17-6-3-2-4-7-17)13-21-24(32)30-25(37-21)26-23(28-30)20-8-5-11-36-20/h2-14H,1H3/b21-13-. The van der Waals surface area contributed by atoms with Crippen molar-refractivity contribution >= 4 is 28.1 Å². The van der Waals surface area contributed by atoms with Gasteiger partial charge in [0.15, 0.2) is 11.5 Å². The SMILES string of the molecule is COc1ccc(-c2nn(-c3ccccc3)cc2/C=c2\sc3nc(-c4ccco4)nn3c2=O)cc1[N+](=O)[O-]. The summed E-state index contributed by atoms with van der Waals surface area (Å²) < 4.78 is 13.7. The van der Waals surface area contributed by atoms with Gasteiger partial charge in [-0.3, -0.25) is 14.9 Å². The Morgan fingerprint density at radius 2 is 1.95 bits per heavy atom. The van der Waals surface area contributed by atoms with E-state index in [0.717, 1.165) is 5.69 Å². The normalized spacial score (nSPS) is 11.9. The van der Waals surface area contributed by atoms with Crippen molar-refractivity contribution in [3.63, 3.8) is 0 Å². The third-order valence-electron chi connectivity index (χ3n) is 5.62. The van der Waals surface area contributed by atoms with Crippen LogP contribution in [0.15, 0.2) is 82.3 Å². The van der Waals surface area contributed by atoms with E-state index < -0.39 is 4.92 Å². The summed E-state index contributed by atoms with van der Waals surface area (Å²) >= 11 is 1.17. The van der Waals surface area contributed by atoms with Gasteiger partial charge in [0.05, 0.1) is 28.5 Å². The van der Waals surface area contributed by atoms with E-state index in [1.807, 2.05) is 30.3 Å². The van der Waals surface area contributed by atoms with Crippen LogP contribution in [0.1, 0.15) is 5.56 Å². The first-order chi connectivity index (χ1) is 18.0. The maximum absolute atomic E-state index is 13.1. The van der Waals surface area contributed by atoms with Gasteiger partial charge in [0.25, 0.3) is 5.56 Å². The predicted octanol–water partition coefficient (Wildman–Crippen LogP) is 3.73. The molecule has 0 saturated heterocycles. The Kier molecular flexibility index (Phi) is 5.34. The molecule has 0 N–H and O–H groups in total. The molecule has 2 aromatic carbocycles. The van der Waals surface area contributed by atoms with Crippen LogP contribution in [0.5, 0.6) is 5.75 Å². The van der Waals surface area contributed by atoms with Crippen LogP contribution in [0.4, 0.5) is 5.69 Å². The first-order valence-electron chi connectivity index (χ1n) is 10.9. The van der Waals surface area contributed by atoms with Crippen molar-refractivity contribution in [2.75, 3.05) is 7.11 Å². The zero-order valence-electron chi connectivity index (χ0n) is 19.1. The molecule has 4 aromatic heterocycles. The Balaban J connectivity index is 1.52. The molecule has 4 heterocycles. The van der Waals surface area contributed by atoms with Crippen molar-refractivity contribution in [3.8, 4) is 34.3 Å². The number of hydrogen-bond donors (Lipinski definition) is 0. The van der Waals surface area contributed by atoms with Gasteiger partial charge in [-0.05, 0) is 42.5 Å². The van der Waals surface area contributed by atoms with Gasteiger partial charge in [-0.25, -0.2) is 4.68 Å². The van der Waals surface area contributed by atoms with Crippen molar-refractivity contribution in [1.29, 1.82) is 0 Å². The van der Waals surface area contributed by atoms with Crippen LogP contribution in [0.25, 0.3) is 39.6 Å². The number of ether oxygens (including phenoxy) is 1. The Labute approximate surface area is 211 Å². The number of fused-ring (bicyclic) bond motifs is 1. The number of aromatic nitrogens is 5. The number of nitrogens with zero attached hydrogens (tertiary/aromatic N) is 6. The fraction of sp³-hybridized carbons (Fsp3) is 0.0400. The number of thiazole rings is 1. The number of furan rings is 1. The number of hydrogen-bond acceptors (Lipinski definition) is 9. The van der Waals surface area contributed by atoms with Gasteiger partial charge >= 0.3 is 5.69 Å². The maximum Gasteiger partial charge on any atom is 0.311 e. The number of nitro benzene ring substituents is 1. The van der Waals surface area contributed by atoms with Crippen LogP contribution in [0.3, 0.4) is 0 Å². The van der Waals surface area contributed by atoms with E-state index in [-0.39, 0.29) is 17.0 Å². The predicted molar refractivity (Wildman–Crippen MR) is 136 cm³/mol. The van der Waals surface area contributed by atoms with Crippen molar-refractivity contribution in [1.82, 2.24) is 24.4 Å². The zero-order chi connectivity index (χ0) is 25.5. The highest BCUT2D eigenvalue weighted by Crippen LogP contribution is 2.33. The van der Waals surface area contributed by atoms with E-state index in [4.69, 9.17) is 14.3 Å². The lowest BCUT2D eigenvalue weighted by molar-refractivity contribution is -0.385. The maximum atomic E-state index is 13.1. The van der Waals surface area contributed by atoms with Crippen molar-refractivity contribution < 1.29 is 14.1 Å². The Bertz CT molecular complexity index is 1870. The highest BCUT2D eigenvalue weighted by atomic mass is 32.1. The van der Waals surface area contributed by atoms with Crippen LogP contribution >= 0.6 is 11.3 Å². The molecule has 0 aliphatic carbocycles. The molecule has 0 radical (unpaired) electrons. The second-order valence-corrected chi connectivity index (χ2v) is 8.89. The average Bonchev–Trinajstić information content (AvgIpc) is 3.71. The summed E-state index contributed by atoms with van der Waals surface area (Å²) in [6.07, 6.45) is 4.97. The third kappa shape index (κ3) is 3.94. The number of nitro groups is 1. The van der Waals surface area contributed by atoms with Crippen LogP contribution in [0.2, 0.25) is 0 Å². The summed E-state index contributed by atoms with van der Waals surface area (Å²) in [5.41, 5.74) is 1.82. The van der Waals surface area contributed by atoms with Crippen molar-refractivity contribution in [3.05, 3.63) is 104 Å². The Hall–Kier alpha value is -5.10. The second-order valence-electron chi connectivity index (χ2n) is 7.88. The molecule has 12 heteroatoms. The first kappa shape index (κ1) is 22.4. The van der Waals surface area contributed by atoms with Gasteiger partial charge in [-0.2, -0.15) is 14.6 Å². The quantitative estimate of drug-likeness (QED) is 0.244. The fourth-order valence-corrected chi connectivity index (χ4v) is 4.79. The summed E-state index contributed by atoms with van der Waals surface area (Å²) in [7, 11) is 1.37. The summed E-state index contributed by atoms with van der Waals surface area (Å²) in [4.78, 5) is 29.1. The van der Waals surface area contributed by atoms with Gasteiger partial charge in [-0.15, -0.1) is 5.10 Å². The second kappa shape index (κ2) is 8.84. The third-order valence-corrected chi connectivity index (χ3v) is 6.58. The number of methoxy groups -OCH3 is 1. The molecule has 0 bridgehead atoms. The van der Waals surface area contributed by atoms with Gasteiger partial charge in [0.1, 0.15) is 5.69 Å². The molecule has 37 heavy (non-hydrogen) atoms. The first-order valence-corrected chi connectivity index (χ1v) is 11.8. The molecule has 0 fully saturated rings. The minimum absolute atomic E-state index is 0.140. The molecule has 0 atom stereocenters. The van der Waals surface area contributed by atoms with Crippen LogP contribution in [-0.2, 0) is 0 Å². The lowest BCUT2D eigenvalue weighted by atomic mass is 10.1. The Morgan fingerprint density at radius 3 is 2.65 bits per heavy atom. The number of para-hydroxylation sites is 1. The molecule has 0 unspecified atom stereocenters. The molecule has 182 valence electrons. The minimum atomic E-state index is -0.508. The van der Waals surface area contributed by atoms with Gasteiger partial charge in [0, 0.05) is 23.4 Å². The van der Waals surface area contributed by atoms with Crippen molar-refractivity contribution in [2.45, 2.75) is 0 Å². The van der Waals surface area contributed by atoms with E-state index in [9.17, 15) is 14.9 Å². The average molecular weight is 513 g/mol. The van der Waals surface area contributed by atoms with Crippen LogP contribution < -0.4 is 14.8 Å². The van der Waals surface area contributed by atoms with Gasteiger partial charge in [0.2, 0.25) is 10.8 Å². The molecule has 0 aliphatic rings. The smallest absolute Gasteiger partial charge is 0.311 e. The van der Waals surface area contributed by atoms with E-state index in [0.29, 0.717) is 37.9 Å². The van der Waals surface area contributed by atoms with E-state index in [2.05, 4.69) is 10.1 Å². The topological polar surface area (TPSA) is 131 Å². The summed E-state index contributed by atoms with van der Waals surface area (Å²) in [5, 5.41) is 20.6. The molecular weight excluding hydrogens is 496 g/mol. The summed E-state index contributed by atoms with van der Waals surface area (Å²) in [5.74, 6) is 0.929.